The van der Waals surface area contributed by atoms with E-state index in [4.69, 9.17) is 17.3 Å². The normalized spacial score (nSPS) is 23.1. The number of carbonyl (C=O) groups is 1. The van der Waals surface area contributed by atoms with Crippen molar-refractivity contribution in [2.24, 2.45) is 17.6 Å². The van der Waals surface area contributed by atoms with Gasteiger partial charge in [-0.25, -0.2) is 0 Å². The van der Waals surface area contributed by atoms with Gasteiger partial charge in [-0.1, -0.05) is 18.0 Å². The summed E-state index contributed by atoms with van der Waals surface area (Å²) in [7, 11) is 0. The summed E-state index contributed by atoms with van der Waals surface area (Å²) in [4.78, 5) is 12.2. The van der Waals surface area contributed by atoms with E-state index in [0.717, 1.165) is 29.4 Å². The number of amides is 1. The molecule has 2 unspecified atom stereocenters. The van der Waals surface area contributed by atoms with E-state index in [2.05, 4.69) is 21.2 Å². The van der Waals surface area contributed by atoms with Crippen molar-refractivity contribution < 1.29 is 4.79 Å². The predicted molar refractivity (Wildman–Crippen MR) is 77.7 cm³/mol. The van der Waals surface area contributed by atoms with Gasteiger partial charge < -0.3 is 11.1 Å². The molecule has 1 aromatic rings. The van der Waals surface area contributed by atoms with Crippen molar-refractivity contribution in [3.8, 4) is 0 Å². The molecule has 2 atom stereocenters. The van der Waals surface area contributed by atoms with Crippen LogP contribution < -0.4 is 11.1 Å². The van der Waals surface area contributed by atoms with Gasteiger partial charge in [-0.05, 0) is 59.4 Å². The highest BCUT2D eigenvalue weighted by molar-refractivity contribution is 9.10. The van der Waals surface area contributed by atoms with Crippen LogP contribution in [0.4, 0.5) is 5.69 Å². The third-order valence-electron chi connectivity index (χ3n) is 3.49. The highest BCUT2D eigenvalue weighted by atomic mass is 79.9. The lowest BCUT2D eigenvalue weighted by Gasteiger charge is -2.17. The van der Waals surface area contributed by atoms with Gasteiger partial charge in [0, 0.05) is 16.1 Å². The molecule has 2 rings (SSSR count). The van der Waals surface area contributed by atoms with Crippen molar-refractivity contribution in [3.63, 3.8) is 0 Å². The largest absolute Gasteiger partial charge is 0.330 e. The van der Waals surface area contributed by atoms with Crippen LogP contribution in [0.5, 0.6) is 0 Å². The van der Waals surface area contributed by atoms with Gasteiger partial charge in [0.05, 0.1) is 5.02 Å². The Bertz CT molecular complexity index is 453. The molecule has 1 amide bonds. The van der Waals surface area contributed by atoms with Crippen molar-refractivity contribution in [3.05, 3.63) is 27.7 Å². The maximum absolute atomic E-state index is 12.2. The second kappa shape index (κ2) is 6.04. The van der Waals surface area contributed by atoms with Crippen LogP contribution in [-0.4, -0.2) is 12.5 Å². The highest BCUT2D eigenvalue weighted by Gasteiger charge is 2.31. The zero-order valence-corrected chi connectivity index (χ0v) is 12.3. The quantitative estimate of drug-likeness (QED) is 0.891. The van der Waals surface area contributed by atoms with Gasteiger partial charge in [0.15, 0.2) is 0 Å². The van der Waals surface area contributed by atoms with Crippen molar-refractivity contribution >= 4 is 39.1 Å². The molecule has 0 bridgehead atoms. The standard InChI is InChI=1S/C13H16BrClN2O/c14-11-5-4-9(6-12(11)15)17-13(18)10-3-1-2-8(10)7-16/h4-6,8,10H,1-3,7,16H2,(H,17,18). The zero-order valence-electron chi connectivity index (χ0n) is 9.96. The van der Waals surface area contributed by atoms with E-state index in [1.165, 1.54) is 0 Å². The van der Waals surface area contributed by atoms with E-state index < -0.39 is 0 Å². The van der Waals surface area contributed by atoms with E-state index in [-0.39, 0.29) is 11.8 Å². The Morgan fingerprint density at radius 2 is 2.28 bits per heavy atom. The Kier molecular flexibility index (Phi) is 4.65. The molecule has 0 radical (unpaired) electrons. The molecule has 1 fully saturated rings. The van der Waals surface area contributed by atoms with E-state index in [1.807, 2.05) is 12.1 Å². The monoisotopic (exact) mass is 330 g/mol. The summed E-state index contributed by atoms with van der Waals surface area (Å²) in [6.07, 6.45) is 3.06. The maximum atomic E-state index is 12.2. The molecule has 98 valence electrons. The highest BCUT2D eigenvalue weighted by Crippen LogP contribution is 2.32. The third kappa shape index (κ3) is 3.05. The number of rotatable bonds is 3. The summed E-state index contributed by atoms with van der Waals surface area (Å²) < 4.78 is 0.822. The Labute approximate surface area is 120 Å². The van der Waals surface area contributed by atoms with Crippen molar-refractivity contribution in [1.82, 2.24) is 0 Å². The minimum Gasteiger partial charge on any atom is -0.330 e. The molecule has 1 aliphatic rings. The molecule has 3 N–H and O–H groups in total. The number of hydrogen-bond acceptors (Lipinski definition) is 2. The fraction of sp³-hybridized carbons (Fsp3) is 0.462. The first-order valence-electron chi connectivity index (χ1n) is 6.08. The molecule has 0 aliphatic heterocycles. The van der Waals surface area contributed by atoms with Crippen molar-refractivity contribution in [1.29, 1.82) is 0 Å². The molecular weight excluding hydrogens is 316 g/mol. The maximum Gasteiger partial charge on any atom is 0.227 e. The third-order valence-corrected chi connectivity index (χ3v) is 4.72. The van der Waals surface area contributed by atoms with Gasteiger partial charge in [0.1, 0.15) is 0 Å². The van der Waals surface area contributed by atoms with Gasteiger partial charge in [0.2, 0.25) is 5.91 Å². The van der Waals surface area contributed by atoms with Gasteiger partial charge >= 0.3 is 0 Å². The molecule has 5 heteroatoms. The molecule has 1 aromatic carbocycles. The Hall–Kier alpha value is -0.580. The summed E-state index contributed by atoms with van der Waals surface area (Å²) in [6, 6.07) is 5.41. The van der Waals surface area contributed by atoms with Crippen LogP contribution in [0.15, 0.2) is 22.7 Å². The average Bonchev–Trinajstić information content (AvgIpc) is 2.82. The molecular formula is C13H16BrClN2O. The van der Waals surface area contributed by atoms with Crippen LogP contribution in [-0.2, 0) is 4.79 Å². The van der Waals surface area contributed by atoms with Crippen LogP contribution >= 0.6 is 27.5 Å². The number of nitrogens with two attached hydrogens (primary N) is 1. The molecule has 1 saturated carbocycles. The van der Waals surface area contributed by atoms with Gasteiger partial charge in [-0.2, -0.15) is 0 Å². The van der Waals surface area contributed by atoms with Crippen molar-refractivity contribution in [2.45, 2.75) is 19.3 Å². The van der Waals surface area contributed by atoms with Gasteiger partial charge in [-0.15, -0.1) is 0 Å². The SMILES string of the molecule is NCC1CCCC1C(=O)Nc1ccc(Br)c(Cl)c1. The van der Waals surface area contributed by atoms with Crippen LogP contribution in [0, 0.1) is 11.8 Å². The summed E-state index contributed by atoms with van der Waals surface area (Å²) in [6.45, 7) is 0.583. The second-order valence-electron chi connectivity index (χ2n) is 4.65. The van der Waals surface area contributed by atoms with Gasteiger partial charge in [0.25, 0.3) is 0 Å². The Balaban J connectivity index is 2.04. The topological polar surface area (TPSA) is 55.1 Å². The molecule has 0 saturated heterocycles. The molecule has 1 aliphatic carbocycles. The molecule has 3 nitrogen and oxygen atoms in total. The number of hydrogen-bond donors (Lipinski definition) is 2. The first-order chi connectivity index (χ1) is 8.61. The summed E-state index contributed by atoms with van der Waals surface area (Å²) in [5, 5.41) is 3.51. The Morgan fingerprint density at radius 3 is 2.94 bits per heavy atom. The Morgan fingerprint density at radius 1 is 1.50 bits per heavy atom. The van der Waals surface area contributed by atoms with Crippen molar-refractivity contribution in [2.75, 3.05) is 11.9 Å². The smallest absolute Gasteiger partial charge is 0.227 e. The zero-order chi connectivity index (χ0) is 13.1. The lowest BCUT2D eigenvalue weighted by Crippen LogP contribution is -2.29. The van der Waals surface area contributed by atoms with Crippen LogP contribution in [0.1, 0.15) is 19.3 Å². The van der Waals surface area contributed by atoms with Crippen LogP contribution in [0.25, 0.3) is 0 Å². The summed E-state index contributed by atoms with van der Waals surface area (Å²) >= 11 is 9.32. The van der Waals surface area contributed by atoms with Crippen LogP contribution in [0.3, 0.4) is 0 Å². The number of nitrogens with one attached hydrogen (secondary N) is 1. The predicted octanol–water partition coefficient (Wildman–Crippen LogP) is 3.42. The summed E-state index contributed by atoms with van der Waals surface area (Å²) in [5.41, 5.74) is 6.42. The van der Waals surface area contributed by atoms with Gasteiger partial charge in [-0.3, -0.25) is 4.79 Å². The molecule has 0 spiro atoms. The first kappa shape index (κ1) is 13.8. The number of carbonyl (C=O) groups excluding carboxylic acids is 1. The van der Waals surface area contributed by atoms with E-state index in [1.54, 1.807) is 6.07 Å². The lowest BCUT2D eigenvalue weighted by molar-refractivity contribution is -0.120. The second-order valence-corrected chi connectivity index (χ2v) is 5.91. The molecule has 0 aromatic heterocycles. The molecule has 18 heavy (non-hydrogen) atoms. The van der Waals surface area contributed by atoms with E-state index in [9.17, 15) is 4.79 Å². The number of anilines is 1. The molecule has 0 heterocycles. The minimum absolute atomic E-state index is 0.0393. The fourth-order valence-electron chi connectivity index (χ4n) is 2.47. The number of halogens is 2. The number of benzene rings is 1. The lowest BCUT2D eigenvalue weighted by atomic mass is 9.95. The summed E-state index contributed by atoms with van der Waals surface area (Å²) in [5.74, 6) is 0.412. The first-order valence-corrected chi connectivity index (χ1v) is 7.25. The van der Waals surface area contributed by atoms with Crippen LogP contribution in [0.2, 0.25) is 5.02 Å². The van der Waals surface area contributed by atoms with E-state index >= 15 is 0 Å². The minimum atomic E-state index is 0.0393. The average molecular weight is 332 g/mol. The fourth-order valence-corrected chi connectivity index (χ4v) is 2.90. The van der Waals surface area contributed by atoms with E-state index in [0.29, 0.717) is 17.5 Å².